The van der Waals surface area contributed by atoms with Gasteiger partial charge in [-0.3, -0.25) is 4.79 Å². The molecule has 0 spiro atoms. The molecule has 0 aliphatic carbocycles. The van der Waals surface area contributed by atoms with Gasteiger partial charge in [0.1, 0.15) is 5.82 Å². The largest absolute Gasteiger partial charge is 0.295 e. The third-order valence-electron chi connectivity index (χ3n) is 3.49. The quantitative estimate of drug-likeness (QED) is 0.631. The van der Waals surface area contributed by atoms with Crippen molar-refractivity contribution in [1.82, 2.24) is 0 Å². The van der Waals surface area contributed by atoms with Crippen molar-refractivity contribution in [2.45, 2.75) is 12.6 Å². The minimum Gasteiger partial charge on any atom is -0.295 e. The van der Waals surface area contributed by atoms with E-state index < -0.39 is 12.0 Å². The molecule has 0 fully saturated rings. The average Bonchev–Trinajstić information content (AvgIpc) is 2.67. The molecule has 108 valence electrons. The van der Waals surface area contributed by atoms with Crippen molar-refractivity contribution in [2.75, 3.05) is 0 Å². The van der Waals surface area contributed by atoms with Crippen molar-refractivity contribution < 1.29 is 9.18 Å². The number of aliphatic imine (C=N–C) groups is 2. The van der Waals surface area contributed by atoms with Gasteiger partial charge in [0, 0.05) is 23.1 Å². The van der Waals surface area contributed by atoms with Crippen molar-refractivity contribution in [2.24, 2.45) is 9.98 Å². The molecule has 1 aliphatic heterocycles. The zero-order chi connectivity index (χ0) is 15.5. The number of carbonyl (C=O) groups is 1. The molecule has 2 aromatic carbocycles. The number of benzene rings is 2. The van der Waals surface area contributed by atoms with Crippen LogP contribution in [0.15, 0.2) is 58.5 Å². The lowest BCUT2D eigenvalue weighted by Gasteiger charge is -2.10. The second-order valence-corrected chi connectivity index (χ2v) is 5.03. The monoisotopic (exact) mass is 310 g/mol. The van der Waals surface area contributed by atoms with Crippen molar-refractivity contribution >= 4 is 28.9 Å². The van der Waals surface area contributed by atoms with E-state index in [0.29, 0.717) is 16.8 Å². The summed E-state index contributed by atoms with van der Waals surface area (Å²) in [6, 6.07) is 14.1. The summed E-state index contributed by atoms with van der Waals surface area (Å²) in [5.74, 6) is -0.712. The lowest BCUT2D eigenvalue weighted by atomic mass is 9.95. The molecule has 0 N–H and O–H groups in total. The Hall–Kier alpha value is -2.49. The summed E-state index contributed by atoms with van der Waals surface area (Å²) < 4.78 is 14.2. The number of nitrogens with zero attached hydrogens (tertiary/aromatic N) is 2. The van der Waals surface area contributed by atoms with E-state index in [1.165, 1.54) is 6.07 Å². The van der Waals surface area contributed by atoms with Gasteiger partial charge < -0.3 is 0 Å². The molecule has 1 heterocycles. The predicted molar refractivity (Wildman–Crippen MR) is 86.0 cm³/mol. The van der Waals surface area contributed by atoms with Crippen LogP contribution in [0.4, 0.5) is 4.39 Å². The van der Waals surface area contributed by atoms with Gasteiger partial charge in [-0.2, -0.15) is 4.99 Å². The first-order valence-corrected chi connectivity index (χ1v) is 7.12. The van der Waals surface area contributed by atoms with Gasteiger partial charge in [-0.25, -0.2) is 9.38 Å². The summed E-state index contributed by atoms with van der Waals surface area (Å²) in [4.78, 5) is 20.5. The number of carbonyl (C=O) groups excluding carboxylic acids is 1. The Kier molecular flexibility index (Phi) is 4.00. The number of hydrogen-bond donors (Lipinski definition) is 0. The smallest absolute Gasteiger partial charge is 0.208 e. The van der Waals surface area contributed by atoms with Crippen LogP contribution < -0.4 is 0 Å². The van der Waals surface area contributed by atoms with Crippen LogP contribution >= 0.6 is 12.2 Å². The Morgan fingerprint density at radius 2 is 1.95 bits per heavy atom. The highest BCUT2D eigenvalue weighted by atomic mass is 32.1. The summed E-state index contributed by atoms with van der Waals surface area (Å²) in [7, 11) is 0. The van der Waals surface area contributed by atoms with Crippen LogP contribution in [0.3, 0.4) is 0 Å². The summed E-state index contributed by atoms with van der Waals surface area (Å²) in [5, 5.41) is 2.20. The van der Waals surface area contributed by atoms with E-state index in [2.05, 4.69) is 27.4 Å². The van der Waals surface area contributed by atoms with E-state index in [1.54, 1.807) is 12.1 Å². The van der Waals surface area contributed by atoms with Gasteiger partial charge in [-0.15, -0.1) is 0 Å². The van der Waals surface area contributed by atoms with E-state index in [0.717, 1.165) is 5.56 Å². The first-order valence-electron chi connectivity index (χ1n) is 6.71. The minimum absolute atomic E-state index is 0.0625. The number of thiocarbonyl (C=S) groups is 1. The zero-order valence-electron chi connectivity index (χ0n) is 11.5. The fraction of sp³-hybridized carbons (Fsp3) is 0.118. The highest BCUT2D eigenvalue weighted by Gasteiger charge is 2.27. The van der Waals surface area contributed by atoms with Gasteiger partial charge in [0.2, 0.25) is 6.17 Å². The van der Waals surface area contributed by atoms with Gasteiger partial charge in [0.15, 0.2) is 5.78 Å². The van der Waals surface area contributed by atoms with Crippen molar-refractivity contribution in [3.05, 3.63) is 71.0 Å². The van der Waals surface area contributed by atoms with Crippen LogP contribution in [-0.2, 0) is 11.2 Å². The molecule has 5 heteroatoms. The summed E-state index contributed by atoms with van der Waals surface area (Å²) in [6.07, 6.45) is -1.04. The lowest BCUT2D eigenvalue weighted by molar-refractivity contribution is -0.119. The second-order valence-electron chi connectivity index (χ2n) is 4.85. The van der Waals surface area contributed by atoms with Gasteiger partial charge >= 0.3 is 0 Å². The summed E-state index contributed by atoms with van der Waals surface area (Å²) >= 11 is 4.59. The number of rotatable bonds is 2. The van der Waals surface area contributed by atoms with Crippen molar-refractivity contribution in [3.63, 3.8) is 0 Å². The molecule has 1 aliphatic rings. The van der Waals surface area contributed by atoms with Gasteiger partial charge in [0.05, 0.1) is 10.9 Å². The Labute approximate surface area is 132 Å². The standard InChI is InChI=1S/C17H11FN2OS/c18-14-8-4-7-12-13(14)9-15(21)17(19-10-22)20-16(12)11-5-2-1-3-6-11/h1-8,17H,9H2. The molecule has 2 aromatic rings. The molecule has 3 nitrogen and oxygen atoms in total. The maximum Gasteiger partial charge on any atom is 0.208 e. The molecule has 0 bridgehead atoms. The van der Waals surface area contributed by atoms with Crippen LogP contribution in [0.25, 0.3) is 0 Å². The SMILES string of the molecule is O=C1Cc2c(F)cccc2C(c2ccccc2)=NC1N=C=S. The molecule has 0 radical (unpaired) electrons. The first-order chi connectivity index (χ1) is 10.7. The van der Waals surface area contributed by atoms with Crippen molar-refractivity contribution in [1.29, 1.82) is 0 Å². The number of isothiocyanates is 1. The topological polar surface area (TPSA) is 41.8 Å². The van der Waals surface area contributed by atoms with E-state index in [-0.39, 0.29) is 12.2 Å². The van der Waals surface area contributed by atoms with Crippen LogP contribution in [0, 0.1) is 5.82 Å². The maximum absolute atomic E-state index is 14.2. The second kappa shape index (κ2) is 6.10. The van der Waals surface area contributed by atoms with Gasteiger partial charge in [-0.1, -0.05) is 42.5 Å². The number of fused-ring (bicyclic) bond motifs is 1. The van der Waals surface area contributed by atoms with E-state index in [4.69, 9.17) is 0 Å². The van der Waals surface area contributed by atoms with E-state index >= 15 is 0 Å². The van der Waals surface area contributed by atoms with Crippen LogP contribution in [0.1, 0.15) is 16.7 Å². The fourth-order valence-electron chi connectivity index (χ4n) is 2.47. The Morgan fingerprint density at radius 1 is 1.18 bits per heavy atom. The van der Waals surface area contributed by atoms with Gasteiger partial charge in [0.25, 0.3) is 0 Å². The fourth-order valence-corrected chi connectivity index (χ4v) is 2.57. The Balaban J connectivity index is 2.26. The normalized spacial score (nSPS) is 17.0. The minimum atomic E-state index is -0.973. The highest BCUT2D eigenvalue weighted by molar-refractivity contribution is 7.78. The molecule has 3 rings (SSSR count). The number of Topliss-reactive ketones (excluding diaryl/α,β-unsaturated/α-hetero) is 1. The van der Waals surface area contributed by atoms with Crippen LogP contribution in [-0.4, -0.2) is 22.8 Å². The Morgan fingerprint density at radius 3 is 2.68 bits per heavy atom. The molecule has 1 atom stereocenters. The van der Waals surface area contributed by atoms with Crippen molar-refractivity contribution in [3.8, 4) is 0 Å². The number of hydrogen-bond acceptors (Lipinski definition) is 4. The molecular weight excluding hydrogens is 299 g/mol. The molecule has 22 heavy (non-hydrogen) atoms. The summed E-state index contributed by atoms with van der Waals surface area (Å²) in [5.41, 5.74) is 2.30. The predicted octanol–water partition coefficient (Wildman–Crippen LogP) is 3.22. The maximum atomic E-state index is 14.2. The third kappa shape index (κ3) is 2.64. The third-order valence-corrected chi connectivity index (χ3v) is 3.59. The van der Waals surface area contributed by atoms with E-state index in [9.17, 15) is 9.18 Å². The molecule has 1 unspecified atom stereocenters. The van der Waals surface area contributed by atoms with Gasteiger partial charge in [-0.05, 0) is 18.3 Å². The average molecular weight is 310 g/mol. The molecule has 0 aromatic heterocycles. The zero-order valence-corrected chi connectivity index (χ0v) is 12.3. The molecule has 0 saturated carbocycles. The molecule has 0 saturated heterocycles. The number of halogens is 1. The molecule has 0 amide bonds. The first kappa shape index (κ1) is 14.4. The Bertz CT molecular complexity index is 811. The van der Waals surface area contributed by atoms with E-state index in [1.807, 2.05) is 30.3 Å². The van der Waals surface area contributed by atoms with Crippen LogP contribution in [0.2, 0.25) is 0 Å². The molecular formula is C17H11FN2OS. The lowest BCUT2D eigenvalue weighted by Crippen LogP contribution is -2.18. The highest BCUT2D eigenvalue weighted by Crippen LogP contribution is 2.24. The van der Waals surface area contributed by atoms with Crippen LogP contribution in [0.5, 0.6) is 0 Å². The summed E-state index contributed by atoms with van der Waals surface area (Å²) in [6.45, 7) is 0. The number of ketones is 1.